The lowest BCUT2D eigenvalue weighted by molar-refractivity contribution is 0.380. The molecule has 0 spiro atoms. The summed E-state index contributed by atoms with van der Waals surface area (Å²) in [6.45, 7) is 5.89. The summed E-state index contributed by atoms with van der Waals surface area (Å²) in [6, 6.07) is 0.538. The zero-order valence-electron chi connectivity index (χ0n) is 9.84. The van der Waals surface area contributed by atoms with E-state index < -0.39 is 10.0 Å². The van der Waals surface area contributed by atoms with E-state index in [9.17, 15) is 8.42 Å². The third kappa shape index (κ3) is 4.95. The van der Waals surface area contributed by atoms with Gasteiger partial charge in [-0.25, -0.2) is 13.1 Å². The third-order valence-electron chi connectivity index (χ3n) is 3.25. The molecule has 15 heavy (non-hydrogen) atoms. The summed E-state index contributed by atoms with van der Waals surface area (Å²) in [4.78, 5) is 0. The zero-order chi connectivity index (χ0) is 11.5. The van der Waals surface area contributed by atoms with Crippen LogP contribution in [0.1, 0.15) is 33.1 Å². The number of hydrogen-bond donors (Lipinski definition) is 2. The van der Waals surface area contributed by atoms with Crippen molar-refractivity contribution in [1.29, 1.82) is 0 Å². The van der Waals surface area contributed by atoms with Crippen LogP contribution in [0.4, 0.5) is 0 Å². The van der Waals surface area contributed by atoms with E-state index in [1.165, 1.54) is 19.1 Å². The second kappa shape index (κ2) is 4.80. The topological polar surface area (TPSA) is 58.2 Å². The first-order chi connectivity index (χ1) is 6.83. The van der Waals surface area contributed by atoms with Crippen molar-refractivity contribution >= 4 is 10.0 Å². The molecule has 0 heterocycles. The van der Waals surface area contributed by atoms with Gasteiger partial charge in [0.25, 0.3) is 0 Å². The fourth-order valence-electron chi connectivity index (χ4n) is 1.54. The maximum absolute atomic E-state index is 10.8. The summed E-state index contributed by atoms with van der Waals surface area (Å²) in [5.41, 5.74) is 0.490. The van der Waals surface area contributed by atoms with Crippen LogP contribution < -0.4 is 10.0 Å². The lowest BCUT2D eigenvalue weighted by Gasteiger charge is -2.20. The average Bonchev–Trinajstić information content (AvgIpc) is 2.82. The first-order valence-electron chi connectivity index (χ1n) is 5.51. The third-order valence-corrected chi connectivity index (χ3v) is 3.98. The zero-order valence-corrected chi connectivity index (χ0v) is 10.7. The van der Waals surface area contributed by atoms with Crippen LogP contribution in [0.15, 0.2) is 0 Å². The minimum Gasteiger partial charge on any atom is -0.314 e. The normalized spacial score (nSPS) is 21.3. The Morgan fingerprint density at radius 1 is 1.33 bits per heavy atom. The highest BCUT2D eigenvalue weighted by atomic mass is 32.2. The van der Waals surface area contributed by atoms with Gasteiger partial charge in [0.05, 0.1) is 6.26 Å². The lowest BCUT2D eigenvalue weighted by Crippen LogP contribution is -2.35. The first kappa shape index (κ1) is 12.9. The molecule has 0 aromatic rings. The molecule has 0 aliphatic heterocycles. The second-order valence-electron chi connectivity index (χ2n) is 4.85. The molecule has 0 bridgehead atoms. The molecule has 2 N–H and O–H groups in total. The molecule has 1 fully saturated rings. The Hall–Kier alpha value is -0.130. The van der Waals surface area contributed by atoms with Gasteiger partial charge in [-0.3, -0.25) is 0 Å². The molecule has 90 valence electrons. The van der Waals surface area contributed by atoms with Crippen molar-refractivity contribution in [2.45, 2.75) is 39.2 Å². The quantitative estimate of drug-likeness (QED) is 0.638. The van der Waals surface area contributed by atoms with Gasteiger partial charge in [-0.2, -0.15) is 0 Å². The van der Waals surface area contributed by atoms with Crippen LogP contribution >= 0.6 is 0 Å². The Morgan fingerprint density at radius 2 is 1.93 bits per heavy atom. The maximum Gasteiger partial charge on any atom is 0.208 e. The molecule has 1 saturated carbocycles. The number of hydrogen-bond acceptors (Lipinski definition) is 3. The Morgan fingerprint density at radius 3 is 2.40 bits per heavy atom. The van der Waals surface area contributed by atoms with Crippen molar-refractivity contribution in [3.05, 3.63) is 0 Å². The van der Waals surface area contributed by atoms with Crippen molar-refractivity contribution in [2.24, 2.45) is 5.41 Å². The Bertz CT molecular complexity index is 297. The van der Waals surface area contributed by atoms with E-state index in [4.69, 9.17) is 0 Å². The summed E-state index contributed by atoms with van der Waals surface area (Å²) >= 11 is 0. The fraction of sp³-hybridized carbons (Fsp3) is 1.00. The average molecular weight is 234 g/mol. The largest absolute Gasteiger partial charge is 0.314 e. The summed E-state index contributed by atoms with van der Waals surface area (Å²) in [5.74, 6) is 0. The molecule has 0 amide bonds. The Kier molecular flexibility index (Phi) is 4.14. The number of rotatable bonds is 7. The van der Waals surface area contributed by atoms with E-state index in [1.807, 2.05) is 0 Å². The van der Waals surface area contributed by atoms with E-state index in [1.54, 1.807) is 0 Å². The van der Waals surface area contributed by atoms with Gasteiger partial charge in [-0.15, -0.1) is 0 Å². The van der Waals surface area contributed by atoms with Crippen LogP contribution in [0.5, 0.6) is 0 Å². The molecule has 0 aromatic heterocycles. The van der Waals surface area contributed by atoms with Gasteiger partial charge in [0.1, 0.15) is 0 Å². The van der Waals surface area contributed by atoms with Gasteiger partial charge in [-0.05, 0) is 38.1 Å². The first-order valence-corrected chi connectivity index (χ1v) is 7.41. The van der Waals surface area contributed by atoms with Gasteiger partial charge in [0, 0.05) is 12.6 Å². The van der Waals surface area contributed by atoms with Crippen molar-refractivity contribution < 1.29 is 8.42 Å². The lowest BCUT2D eigenvalue weighted by atomic mass is 10.0. The molecule has 1 unspecified atom stereocenters. The predicted molar refractivity (Wildman–Crippen MR) is 62.3 cm³/mol. The van der Waals surface area contributed by atoms with Crippen LogP contribution in [0.3, 0.4) is 0 Å². The minimum atomic E-state index is -3.02. The maximum atomic E-state index is 10.8. The molecule has 5 heteroatoms. The molecule has 1 aliphatic rings. The van der Waals surface area contributed by atoms with Crippen LogP contribution in [0.2, 0.25) is 0 Å². The van der Waals surface area contributed by atoms with Gasteiger partial charge in [-0.1, -0.05) is 6.92 Å². The van der Waals surface area contributed by atoms with E-state index in [2.05, 4.69) is 23.9 Å². The molecule has 1 aliphatic carbocycles. The molecule has 1 rings (SSSR count). The SMILES string of the molecule is CC(NCCCNS(C)(=O)=O)C1(C)CC1. The van der Waals surface area contributed by atoms with Crippen molar-refractivity contribution in [1.82, 2.24) is 10.0 Å². The molecule has 0 aromatic carbocycles. The fourth-order valence-corrected chi connectivity index (χ4v) is 2.06. The minimum absolute atomic E-state index is 0.490. The van der Waals surface area contributed by atoms with Gasteiger partial charge in [0.15, 0.2) is 0 Å². The summed E-state index contributed by atoms with van der Waals surface area (Å²) < 4.78 is 24.0. The Balaban J connectivity index is 2.02. The van der Waals surface area contributed by atoms with Crippen LogP contribution in [-0.2, 0) is 10.0 Å². The highest BCUT2D eigenvalue weighted by Gasteiger charge is 2.41. The van der Waals surface area contributed by atoms with Gasteiger partial charge >= 0.3 is 0 Å². The second-order valence-corrected chi connectivity index (χ2v) is 6.68. The van der Waals surface area contributed by atoms with Crippen molar-refractivity contribution in [3.63, 3.8) is 0 Å². The molecule has 1 atom stereocenters. The summed E-state index contributed by atoms with van der Waals surface area (Å²) in [7, 11) is -3.02. The smallest absolute Gasteiger partial charge is 0.208 e. The van der Waals surface area contributed by atoms with E-state index in [0.29, 0.717) is 18.0 Å². The molecule has 4 nitrogen and oxygen atoms in total. The summed E-state index contributed by atoms with van der Waals surface area (Å²) in [6.07, 6.45) is 4.65. The Labute approximate surface area is 92.9 Å². The summed E-state index contributed by atoms with van der Waals surface area (Å²) in [5, 5.41) is 3.44. The van der Waals surface area contributed by atoms with Gasteiger partial charge < -0.3 is 5.32 Å². The highest BCUT2D eigenvalue weighted by Crippen LogP contribution is 2.47. The van der Waals surface area contributed by atoms with Crippen LogP contribution in [0, 0.1) is 5.41 Å². The van der Waals surface area contributed by atoms with Crippen molar-refractivity contribution in [3.8, 4) is 0 Å². The standard InChI is InChI=1S/C10H22N2O2S/c1-9(10(2)5-6-10)11-7-4-8-12-15(3,13)14/h9,11-12H,4-8H2,1-3H3. The predicted octanol–water partition coefficient (Wildman–Crippen LogP) is 0.704. The van der Waals surface area contributed by atoms with E-state index >= 15 is 0 Å². The van der Waals surface area contributed by atoms with Crippen LogP contribution in [-0.4, -0.2) is 33.8 Å². The van der Waals surface area contributed by atoms with E-state index in [0.717, 1.165) is 13.0 Å². The van der Waals surface area contributed by atoms with Crippen molar-refractivity contribution in [2.75, 3.05) is 19.3 Å². The molecular formula is C10H22N2O2S. The van der Waals surface area contributed by atoms with Gasteiger partial charge in [0.2, 0.25) is 10.0 Å². The molecule has 0 radical (unpaired) electrons. The number of nitrogens with one attached hydrogen (secondary N) is 2. The molecular weight excluding hydrogens is 212 g/mol. The molecule has 0 saturated heterocycles. The van der Waals surface area contributed by atoms with E-state index in [-0.39, 0.29) is 0 Å². The monoisotopic (exact) mass is 234 g/mol. The van der Waals surface area contributed by atoms with Crippen LogP contribution in [0.25, 0.3) is 0 Å². The highest BCUT2D eigenvalue weighted by molar-refractivity contribution is 7.88. The number of sulfonamides is 1.